The predicted molar refractivity (Wildman–Crippen MR) is 111 cm³/mol. The molecule has 1 amide bonds. The third-order valence-corrected chi connectivity index (χ3v) is 4.56. The van der Waals surface area contributed by atoms with Crippen LogP contribution in [0.25, 0.3) is 0 Å². The standard InChI is InChI=1S/C19H29N3O5S/c1-12(2)17(18(24)25)22(3)16(23)9-10-20-19(28)21-11-13-14(26-4)7-6-8-15(13)27-5/h6-8,12,17H,9-11H2,1-5H3,(H,24,25)(H2,20,21,28)/t17-/m0/s1. The Balaban J connectivity index is 2.52. The molecule has 0 aliphatic rings. The minimum absolute atomic E-state index is 0.132. The van der Waals surface area contributed by atoms with Gasteiger partial charge in [0.05, 0.1) is 19.8 Å². The highest BCUT2D eigenvalue weighted by molar-refractivity contribution is 7.80. The summed E-state index contributed by atoms with van der Waals surface area (Å²) in [5.41, 5.74) is 0.827. The van der Waals surface area contributed by atoms with Crippen LogP contribution in [0.5, 0.6) is 11.5 Å². The second-order valence-corrected chi connectivity index (χ2v) is 6.94. The van der Waals surface area contributed by atoms with Gasteiger partial charge in [0.15, 0.2) is 5.11 Å². The molecule has 3 N–H and O–H groups in total. The molecule has 0 heterocycles. The van der Waals surface area contributed by atoms with E-state index in [0.29, 0.717) is 29.7 Å². The van der Waals surface area contributed by atoms with Crippen molar-refractivity contribution in [2.75, 3.05) is 27.8 Å². The van der Waals surface area contributed by atoms with Crippen molar-refractivity contribution in [3.05, 3.63) is 23.8 Å². The number of nitrogens with one attached hydrogen (secondary N) is 2. The molecule has 0 aliphatic carbocycles. The summed E-state index contributed by atoms with van der Waals surface area (Å²) in [6, 6.07) is 4.65. The first-order valence-electron chi connectivity index (χ1n) is 8.92. The molecule has 0 aliphatic heterocycles. The number of hydrogen-bond acceptors (Lipinski definition) is 5. The van der Waals surface area contributed by atoms with Gasteiger partial charge in [-0.05, 0) is 30.3 Å². The summed E-state index contributed by atoms with van der Waals surface area (Å²) in [5.74, 6) is -0.0952. The maximum atomic E-state index is 12.2. The van der Waals surface area contributed by atoms with Crippen molar-refractivity contribution >= 4 is 29.2 Å². The molecule has 0 fully saturated rings. The van der Waals surface area contributed by atoms with Gasteiger partial charge in [0.2, 0.25) is 5.91 Å². The Morgan fingerprint density at radius 1 is 1.18 bits per heavy atom. The molecule has 0 aromatic heterocycles. The summed E-state index contributed by atoms with van der Waals surface area (Å²) < 4.78 is 10.7. The van der Waals surface area contributed by atoms with Crippen molar-refractivity contribution in [2.45, 2.75) is 32.9 Å². The summed E-state index contributed by atoms with van der Waals surface area (Å²) in [5, 5.41) is 15.7. The summed E-state index contributed by atoms with van der Waals surface area (Å²) in [6.45, 7) is 4.22. The van der Waals surface area contributed by atoms with Crippen LogP contribution in [-0.4, -0.2) is 60.8 Å². The number of carbonyl (C=O) groups is 2. The van der Waals surface area contributed by atoms with E-state index in [-0.39, 0.29) is 18.2 Å². The maximum absolute atomic E-state index is 12.2. The number of likely N-dealkylation sites (N-methyl/N-ethyl adjacent to an activating group) is 1. The lowest BCUT2D eigenvalue weighted by atomic mass is 10.0. The van der Waals surface area contributed by atoms with Crippen LogP contribution < -0.4 is 20.1 Å². The van der Waals surface area contributed by atoms with Gasteiger partial charge in [0.25, 0.3) is 0 Å². The van der Waals surface area contributed by atoms with Crippen LogP contribution in [0.15, 0.2) is 18.2 Å². The van der Waals surface area contributed by atoms with Crippen LogP contribution in [0.4, 0.5) is 0 Å². The first-order chi connectivity index (χ1) is 13.2. The Kier molecular flexibility index (Phi) is 9.50. The van der Waals surface area contributed by atoms with Gasteiger partial charge in [-0.25, -0.2) is 4.79 Å². The molecule has 28 heavy (non-hydrogen) atoms. The lowest BCUT2D eigenvalue weighted by Crippen LogP contribution is -2.46. The zero-order chi connectivity index (χ0) is 21.3. The Hall–Kier alpha value is -2.55. The molecule has 1 aromatic carbocycles. The van der Waals surface area contributed by atoms with Crippen molar-refractivity contribution in [3.8, 4) is 11.5 Å². The van der Waals surface area contributed by atoms with Gasteiger partial charge >= 0.3 is 5.97 Å². The minimum Gasteiger partial charge on any atom is -0.496 e. The summed E-state index contributed by atoms with van der Waals surface area (Å²) >= 11 is 5.24. The van der Waals surface area contributed by atoms with E-state index >= 15 is 0 Å². The van der Waals surface area contributed by atoms with Gasteiger partial charge in [-0.2, -0.15) is 0 Å². The van der Waals surface area contributed by atoms with Crippen molar-refractivity contribution in [1.82, 2.24) is 15.5 Å². The number of carbonyl (C=O) groups excluding carboxylic acids is 1. The largest absolute Gasteiger partial charge is 0.496 e. The molecule has 1 rings (SSSR count). The van der Waals surface area contributed by atoms with Crippen LogP contribution >= 0.6 is 12.2 Å². The molecule has 1 atom stereocenters. The molecule has 156 valence electrons. The minimum atomic E-state index is -1.01. The molecule has 1 aromatic rings. The zero-order valence-corrected chi connectivity index (χ0v) is 17.8. The molecule has 0 bridgehead atoms. The van der Waals surface area contributed by atoms with Gasteiger partial charge in [0, 0.05) is 26.6 Å². The Morgan fingerprint density at radius 3 is 2.21 bits per heavy atom. The van der Waals surface area contributed by atoms with E-state index in [4.69, 9.17) is 21.7 Å². The third kappa shape index (κ3) is 6.56. The zero-order valence-electron chi connectivity index (χ0n) is 16.9. The maximum Gasteiger partial charge on any atom is 0.326 e. The van der Waals surface area contributed by atoms with E-state index in [0.717, 1.165) is 5.56 Å². The SMILES string of the molecule is COc1cccc(OC)c1CNC(=S)NCCC(=O)N(C)[C@H](C(=O)O)C(C)C. The Labute approximate surface area is 171 Å². The van der Waals surface area contributed by atoms with Crippen molar-refractivity contribution < 1.29 is 24.2 Å². The number of hydrogen-bond donors (Lipinski definition) is 3. The van der Waals surface area contributed by atoms with Crippen LogP contribution in [0.3, 0.4) is 0 Å². The fourth-order valence-corrected chi connectivity index (χ4v) is 3.02. The number of nitrogens with zero attached hydrogens (tertiary/aromatic N) is 1. The number of carboxylic acids is 1. The third-order valence-electron chi connectivity index (χ3n) is 4.28. The van der Waals surface area contributed by atoms with Gasteiger partial charge in [-0.15, -0.1) is 0 Å². The van der Waals surface area contributed by atoms with Crippen molar-refractivity contribution in [3.63, 3.8) is 0 Å². The topological polar surface area (TPSA) is 100 Å². The highest BCUT2D eigenvalue weighted by Crippen LogP contribution is 2.27. The van der Waals surface area contributed by atoms with E-state index in [2.05, 4.69) is 10.6 Å². The Morgan fingerprint density at radius 2 is 1.75 bits per heavy atom. The summed E-state index contributed by atoms with van der Waals surface area (Å²) in [7, 11) is 4.67. The first kappa shape index (κ1) is 23.5. The van der Waals surface area contributed by atoms with E-state index < -0.39 is 12.0 Å². The van der Waals surface area contributed by atoms with Gasteiger partial charge < -0.3 is 30.1 Å². The molecular weight excluding hydrogens is 382 g/mol. The number of ether oxygens (including phenoxy) is 2. The van der Waals surface area contributed by atoms with Gasteiger partial charge in [0.1, 0.15) is 17.5 Å². The second-order valence-electron chi connectivity index (χ2n) is 6.53. The highest BCUT2D eigenvalue weighted by Gasteiger charge is 2.29. The fraction of sp³-hybridized carbons (Fsp3) is 0.526. The number of amides is 1. The van der Waals surface area contributed by atoms with E-state index in [1.54, 1.807) is 28.1 Å². The fourth-order valence-electron chi connectivity index (χ4n) is 2.85. The second kappa shape index (κ2) is 11.3. The smallest absolute Gasteiger partial charge is 0.326 e. The van der Waals surface area contributed by atoms with Crippen molar-refractivity contribution in [2.24, 2.45) is 5.92 Å². The number of carboxylic acid groups (broad SMARTS) is 1. The number of aliphatic carboxylic acids is 1. The monoisotopic (exact) mass is 411 g/mol. The lowest BCUT2D eigenvalue weighted by molar-refractivity contribution is -0.150. The molecule has 0 saturated heterocycles. The number of thiocarbonyl (C=S) groups is 1. The molecule has 0 spiro atoms. The molecule has 0 radical (unpaired) electrons. The molecule has 0 saturated carbocycles. The highest BCUT2D eigenvalue weighted by atomic mass is 32.1. The lowest BCUT2D eigenvalue weighted by Gasteiger charge is -2.27. The van der Waals surface area contributed by atoms with Crippen molar-refractivity contribution in [1.29, 1.82) is 0 Å². The number of benzene rings is 1. The van der Waals surface area contributed by atoms with Gasteiger partial charge in [-0.3, -0.25) is 4.79 Å². The number of methoxy groups -OCH3 is 2. The molecular formula is C19H29N3O5S. The molecule has 8 nitrogen and oxygen atoms in total. The average Bonchev–Trinajstić information content (AvgIpc) is 2.65. The van der Waals surface area contributed by atoms with Crippen LogP contribution in [0.1, 0.15) is 25.8 Å². The Bertz CT molecular complexity index is 674. The normalized spacial score (nSPS) is 11.5. The van der Waals surface area contributed by atoms with E-state index in [1.165, 1.54) is 11.9 Å². The van der Waals surface area contributed by atoms with E-state index in [9.17, 15) is 14.7 Å². The van der Waals surface area contributed by atoms with Crippen LogP contribution in [0, 0.1) is 5.92 Å². The van der Waals surface area contributed by atoms with Gasteiger partial charge in [-0.1, -0.05) is 19.9 Å². The quantitative estimate of drug-likeness (QED) is 0.500. The summed E-state index contributed by atoms with van der Waals surface area (Å²) in [4.78, 5) is 24.8. The van der Waals surface area contributed by atoms with E-state index in [1.807, 2.05) is 18.2 Å². The first-order valence-corrected chi connectivity index (χ1v) is 9.33. The molecule has 0 unspecified atom stereocenters. The van der Waals surface area contributed by atoms with Crippen LogP contribution in [-0.2, 0) is 16.1 Å². The summed E-state index contributed by atoms with van der Waals surface area (Å²) in [6.07, 6.45) is 0.132. The average molecular weight is 412 g/mol. The van der Waals surface area contributed by atoms with Crippen LogP contribution in [0.2, 0.25) is 0 Å². The predicted octanol–water partition coefficient (Wildman–Crippen LogP) is 1.63. The molecule has 9 heteroatoms. The number of rotatable bonds is 10.